The summed E-state index contributed by atoms with van der Waals surface area (Å²) < 4.78 is 13.9. The molecule has 1 aliphatic rings. The third kappa shape index (κ3) is 6.60. The predicted molar refractivity (Wildman–Crippen MR) is 184 cm³/mol. The zero-order valence-corrected chi connectivity index (χ0v) is 26.5. The summed E-state index contributed by atoms with van der Waals surface area (Å²) in [6.07, 6.45) is 3.34. The minimum Gasteiger partial charge on any atom is -0.493 e. The molecule has 0 amide bonds. The number of methoxy groups -OCH3 is 1. The van der Waals surface area contributed by atoms with E-state index in [-0.39, 0.29) is 0 Å². The van der Waals surface area contributed by atoms with Gasteiger partial charge in [-0.2, -0.15) is 0 Å². The summed E-state index contributed by atoms with van der Waals surface area (Å²) >= 11 is 0. The molecule has 10 heteroatoms. The number of fused-ring (bicyclic) bond motifs is 1. The Morgan fingerprint density at radius 3 is 2.40 bits per heavy atom. The maximum Gasteiger partial charge on any atom is 0.227 e. The molecule has 1 unspecified atom stereocenters. The Morgan fingerprint density at radius 2 is 1.64 bits per heavy atom. The lowest BCUT2D eigenvalue weighted by Crippen LogP contribution is -2.49. The Balaban J connectivity index is 1.14. The lowest BCUT2D eigenvalue weighted by Gasteiger charge is -2.37. The molecule has 2 N–H and O–H groups in total. The monoisotopic (exact) mass is 627 g/mol. The molecule has 1 aliphatic heterocycles. The highest BCUT2D eigenvalue weighted by atomic mass is 16.5. The van der Waals surface area contributed by atoms with E-state index in [1.807, 2.05) is 102 Å². The summed E-state index contributed by atoms with van der Waals surface area (Å²) in [7, 11) is 1.64. The fraction of sp³-hybridized carbons (Fsp3) is 0.216. The van der Waals surface area contributed by atoms with Crippen molar-refractivity contribution in [3.8, 4) is 34.1 Å². The van der Waals surface area contributed by atoms with E-state index in [1.54, 1.807) is 13.3 Å². The second kappa shape index (κ2) is 13.5. The number of ether oxygens (including phenoxy) is 2. The zero-order chi connectivity index (χ0) is 32.2. The number of pyridine rings is 1. The van der Waals surface area contributed by atoms with Crippen molar-refractivity contribution >= 4 is 23.0 Å². The smallest absolute Gasteiger partial charge is 0.227 e. The van der Waals surface area contributed by atoms with Crippen molar-refractivity contribution in [2.24, 2.45) is 0 Å². The normalized spacial score (nSPS) is 14.2. The second-order valence-electron chi connectivity index (χ2n) is 11.5. The van der Waals surface area contributed by atoms with Gasteiger partial charge >= 0.3 is 0 Å². The van der Waals surface area contributed by atoms with Gasteiger partial charge in [-0.1, -0.05) is 36.4 Å². The minimum absolute atomic E-state index is 0.413. The highest BCUT2D eigenvalue weighted by Crippen LogP contribution is 2.37. The van der Waals surface area contributed by atoms with Crippen molar-refractivity contribution in [2.45, 2.75) is 19.8 Å². The van der Waals surface area contributed by atoms with Gasteiger partial charge in [0.25, 0.3) is 0 Å². The number of rotatable bonds is 10. The van der Waals surface area contributed by atoms with Gasteiger partial charge in [-0.15, -0.1) is 0 Å². The lowest BCUT2D eigenvalue weighted by atomic mass is 10.1. The van der Waals surface area contributed by atoms with E-state index in [0.717, 1.165) is 71.4 Å². The molecule has 1 atom stereocenters. The Kier molecular flexibility index (Phi) is 8.68. The van der Waals surface area contributed by atoms with Gasteiger partial charge < -0.3 is 24.8 Å². The number of benzene rings is 3. The Bertz CT molecular complexity index is 1950. The average molecular weight is 628 g/mol. The molecule has 0 radical (unpaired) electrons. The van der Waals surface area contributed by atoms with Gasteiger partial charge in [-0.25, -0.2) is 15.0 Å². The molecule has 0 bridgehead atoms. The first-order valence-electron chi connectivity index (χ1n) is 15.8. The standard InChI is InChI=1S/C37H37N7O3/c1-26(45)42-20-22-43(23-21-42)30-14-12-29(13-15-30)39-37-38-18-17-31(40-37)36-35(41-34-10-6-7-19-44(34)36)28-11-16-32(33(24-28)46-2)47-25-27-8-4-3-5-9-27/h3-19,24,26,45H,20-23,25H2,1-2H3,(H,38,39,40). The number of anilines is 3. The Morgan fingerprint density at radius 1 is 0.851 bits per heavy atom. The first kappa shape index (κ1) is 30.2. The fourth-order valence-electron chi connectivity index (χ4n) is 5.90. The molecular weight excluding hydrogens is 590 g/mol. The van der Waals surface area contributed by atoms with E-state index in [2.05, 4.69) is 32.2 Å². The average Bonchev–Trinajstić information content (AvgIpc) is 3.51. The third-order valence-corrected chi connectivity index (χ3v) is 8.43. The molecule has 6 aromatic rings. The number of aliphatic hydroxyl groups excluding tert-OH is 1. The summed E-state index contributed by atoms with van der Waals surface area (Å²) in [5.41, 5.74) is 7.15. The number of imidazole rings is 1. The van der Waals surface area contributed by atoms with Crippen LogP contribution in [0.15, 0.2) is 109 Å². The van der Waals surface area contributed by atoms with Crippen LogP contribution in [0.25, 0.3) is 28.3 Å². The van der Waals surface area contributed by atoms with Gasteiger partial charge in [-0.05, 0) is 73.2 Å². The molecule has 3 aromatic carbocycles. The van der Waals surface area contributed by atoms with Gasteiger partial charge in [0.2, 0.25) is 5.95 Å². The number of hydrogen-bond donors (Lipinski definition) is 2. The van der Waals surface area contributed by atoms with Crippen LogP contribution < -0.4 is 19.7 Å². The maximum absolute atomic E-state index is 9.87. The van der Waals surface area contributed by atoms with Crippen LogP contribution in [-0.4, -0.2) is 68.9 Å². The van der Waals surface area contributed by atoms with Crippen molar-refractivity contribution < 1.29 is 14.6 Å². The first-order chi connectivity index (χ1) is 23.1. The van der Waals surface area contributed by atoms with Crippen LogP contribution in [0, 0.1) is 0 Å². The Hall–Kier alpha value is -5.45. The van der Waals surface area contributed by atoms with Crippen LogP contribution in [-0.2, 0) is 6.61 Å². The highest BCUT2D eigenvalue weighted by Gasteiger charge is 2.21. The minimum atomic E-state index is -0.413. The quantitative estimate of drug-likeness (QED) is 0.183. The van der Waals surface area contributed by atoms with E-state index in [1.165, 1.54) is 0 Å². The largest absolute Gasteiger partial charge is 0.493 e. The molecule has 47 heavy (non-hydrogen) atoms. The number of nitrogens with one attached hydrogen (secondary N) is 1. The number of hydrogen-bond acceptors (Lipinski definition) is 9. The molecule has 1 saturated heterocycles. The molecule has 3 aromatic heterocycles. The molecule has 10 nitrogen and oxygen atoms in total. The molecule has 0 aliphatic carbocycles. The first-order valence-corrected chi connectivity index (χ1v) is 15.8. The topological polar surface area (TPSA) is 100 Å². The number of aliphatic hydroxyl groups is 1. The number of nitrogens with zero attached hydrogens (tertiary/aromatic N) is 6. The van der Waals surface area contributed by atoms with Gasteiger partial charge in [0.1, 0.15) is 18.5 Å². The van der Waals surface area contributed by atoms with Crippen LogP contribution in [0.4, 0.5) is 17.3 Å². The van der Waals surface area contributed by atoms with Gasteiger partial charge in [0.05, 0.1) is 24.2 Å². The molecule has 0 spiro atoms. The van der Waals surface area contributed by atoms with Crippen LogP contribution in [0.3, 0.4) is 0 Å². The number of piperazine rings is 1. The summed E-state index contributed by atoms with van der Waals surface area (Å²) in [5, 5.41) is 13.2. The van der Waals surface area contributed by atoms with Gasteiger partial charge in [0.15, 0.2) is 11.5 Å². The highest BCUT2D eigenvalue weighted by molar-refractivity contribution is 5.82. The molecule has 238 valence electrons. The van der Waals surface area contributed by atoms with Crippen molar-refractivity contribution in [2.75, 3.05) is 43.5 Å². The fourth-order valence-corrected chi connectivity index (χ4v) is 5.90. The summed E-state index contributed by atoms with van der Waals surface area (Å²) in [4.78, 5) is 18.9. The summed E-state index contributed by atoms with van der Waals surface area (Å²) in [5.74, 6) is 1.77. The Labute approximate surface area is 273 Å². The van der Waals surface area contributed by atoms with Crippen molar-refractivity contribution in [1.29, 1.82) is 0 Å². The molecular formula is C37H37N7O3. The molecule has 0 saturated carbocycles. The van der Waals surface area contributed by atoms with E-state index in [4.69, 9.17) is 19.4 Å². The maximum atomic E-state index is 9.87. The van der Waals surface area contributed by atoms with Gasteiger partial charge in [0, 0.05) is 55.5 Å². The van der Waals surface area contributed by atoms with Crippen molar-refractivity contribution in [3.63, 3.8) is 0 Å². The van der Waals surface area contributed by atoms with E-state index in [9.17, 15) is 5.11 Å². The SMILES string of the molecule is COc1cc(-c2nc3ccccn3c2-c2ccnc(Nc3ccc(N4CCN(C(C)O)CC4)cc3)n2)ccc1OCc1ccccc1. The van der Waals surface area contributed by atoms with E-state index in [0.29, 0.717) is 24.1 Å². The third-order valence-electron chi connectivity index (χ3n) is 8.43. The van der Waals surface area contributed by atoms with Crippen LogP contribution in [0.2, 0.25) is 0 Å². The van der Waals surface area contributed by atoms with Crippen molar-refractivity contribution in [3.05, 3.63) is 115 Å². The lowest BCUT2D eigenvalue weighted by molar-refractivity contribution is 0.0153. The molecule has 1 fully saturated rings. The van der Waals surface area contributed by atoms with Crippen LogP contribution in [0.5, 0.6) is 11.5 Å². The van der Waals surface area contributed by atoms with Crippen LogP contribution >= 0.6 is 0 Å². The van der Waals surface area contributed by atoms with E-state index >= 15 is 0 Å². The molecule has 4 heterocycles. The van der Waals surface area contributed by atoms with Crippen molar-refractivity contribution in [1.82, 2.24) is 24.3 Å². The van der Waals surface area contributed by atoms with E-state index < -0.39 is 6.23 Å². The zero-order valence-electron chi connectivity index (χ0n) is 26.5. The second-order valence-corrected chi connectivity index (χ2v) is 11.5. The predicted octanol–water partition coefficient (Wildman–Crippen LogP) is 6.25. The molecule has 7 rings (SSSR count). The summed E-state index contributed by atoms with van der Waals surface area (Å²) in [6.45, 7) is 5.68. The van der Waals surface area contributed by atoms with Gasteiger partial charge in [-0.3, -0.25) is 9.30 Å². The summed E-state index contributed by atoms with van der Waals surface area (Å²) in [6, 6.07) is 32.1. The number of aromatic nitrogens is 4. The van der Waals surface area contributed by atoms with Crippen LogP contribution in [0.1, 0.15) is 12.5 Å².